The molecule has 0 atom stereocenters. The molecule has 0 heterocycles. The molecule has 0 saturated heterocycles. The second kappa shape index (κ2) is 20.4. The molecular weight excluding hydrogens is 147 g/mol. The molecule has 0 bridgehead atoms. The summed E-state index contributed by atoms with van der Waals surface area (Å²) in [6.07, 6.45) is 0. The van der Waals surface area contributed by atoms with E-state index >= 15 is 0 Å². The minimum atomic E-state index is 0. The van der Waals surface area contributed by atoms with Crippen molar-refractivity contribution in [2.24, 2.45) is 0 Å². The van der Waals surface area contributed by atoms with Gasteiger partial charge in [-0.05, 0) is 0 Å². The Morgan fingerprint density at radius 3 is 1.25 bits per heavy atom. The van der Waals surface area contributed by atoms with Gasteiger partial charge in [0.25, 0.3) is 0 Å². The van der Waals surface area contributed by atoms with Crippen molar-refractivity contribution in [3.05, 3.63) is 0 Å². The summed E-state index contributed by atoms with van der Waals surface area (Å²) in [4.78, 5) is 0. The van der Waals surface area contributed by atoms with Gasteiger partial charge in [0.2, 0.25) is 0 Å². The largest absolute Gasteiger partial charge is 2.00 e. The van der Waals surface area contributed by atoms with E-state index in [4.69, 9.17) is 0 Å². The standard InChI is InChI=1S/Mg.Ni.O.Ti.2H/q2*+2;-2;;2*-1. The third kappa shape index (κ3) is 9.05. The van der Waals surface area contributed by atoms with Crippen molar-refractivity contribution in [2.75, 3.05) is 0 Å². The van der Waals surface area contributed by atoms with E-state index in [0.717, 1.165) is 0 Å². The van der Waals surface area contributed by atoms with Crippen LogP contribution in [0.2, 0.25) is 0 Å². The normalized spacial score (nSPS) is 0. The molecule has 4 heteroatoms. The van der Waals surface area contributed by atoms with E-state index in [1.54, 1.807) is 0 Å². The van der Waals surface area contributed by atoms with Gasteiger partial charge in [0.1, 0.15) is 0 Å². The molecule has 0 fully saturated rings. The van der Waals surface area contributed by atoms with E-state index in [2.05, 4.69) is 0 Å². The van der Waals surface area contributed by atoms with Gasteiger partial charge >= 0.3 is 39.5 Å². The van der Waals surface area contributed by atoms with Crippen LogP contribution in [0.25, 0.3) is 0 Å². The predicted molar refractivity (Wildman–Crippen MR) is 8.66 cm³/mol. The van der Waals surface area contributed by atoms with Crippen LogP contribution in [0.3, 0.4) is 0 Å². The molecule has 0 aromatic rings. The maximum absolute atomic E-state index is 0. The van der Waals surface area contributed by atoms with Gasteiger partial charge in [0.05, 0.1) is 0 Å². The van der Waals surface area contributed by atoms with E-state index in [1.807, 2.05) is 0 Å². The van der Waals surface area contributed by atoms with Gasteiger partial charge in [-0.15, -0.1) is 0 Å². The van der Waals surface area contributed by atoms with E-state index in [9.17, 15) is 0 Å². The maximum Gasteiger partial charge on any atom is 2.00 e. The van der Waals surface area contributed by atoms with Crippen LogP contribution in [-0.4, -0.2) is 23.1 Å². The Hall–Kier alpha value is 1.93. The van der Waals surface area contributed by atoms with Gasteiger partial charge < -0.3 is 8.33 Å². The molecular formula is H2MgNiOTi. The third-order valence-electron chi connectivity index (χ3n) is 0. The van der Waals surface area contributed by atoms with Crippen molar-refractivity contribution in [1.82, 2.24) is 0 Å². The molecule has 0 unspecified atom stereocenters. The molecule has 0 aromatic carbocycles. The van der Waals surface area contributed by atoms with Crippen LogP contribution in [0.4, 0.5) is 0 Å². The van der Waals surface area contributed by atoms with Crippen molar-refractivity contribution in [3.8, 4) is 0 Å². The van der Waals surface area contributed by atoms with Crippen LogP contribution in [0, 0.1) is 0 Å². The first-order chi connectivity index (χ1) is 0. The molecule has 0 radical (unpaired) electrons. The minimum Gasteiger partial charge on any atom is -2.00 e. The molecule has 0 aromatic heterocycles. The summed E-state index contributed by atoms with van der Waals surface area (Å²) in [5.41, 5.74) is 0. The average molecular weight is 149 g/mol. The van der Waals surface area contributed by atoms with Crippen LogP contribution < -0.4 is 0 Å². The monoisotopic (exact) mass is 148 g/mol. The van der Waals surface area contributed by atoms with Gasteiger partial charge in [-0.3, -0.25) is 0 Å². The SMILES string of the molecule is [H-].[H-].[Mg+2].[Ni+2].[O-2].[Ti]. The van der Waals surface area contributed by atoms with E-state index < -0.39 is 0 Å². The molecule has 0 N–H and O–H groups in total. The van der Waals surface area contributed by atoms with Gasteiger partial charge in [-0.1, -0.05) is 0 Å². The predicted octanol–water partition coefficient (Wildman–Crippen LogP) is -0.280. The fourth-order valence-electron chi connectivity index (χ4n) is 0. The minimum absolute atomic E-state index is 0. The summed E-state index contributed by atoms with van der Waals surface area (Å²) in [6.45, 7) is 0. The van der Waals surface area contributed by atoms with Gasteiger partial charge in [-0.25, -0.2) is 0 Å². The second-order valence-electron chi connectivity index (χ2n) is 0. The van der Waals surface area contributed by atoms with Crippen LogP contribution in [0.15, 0.2) is 0 Å². The Labute approximate surface area is 69.1 Å². The van der Waals surface area contributed by atoms with Crippen molar-refractivity contribution in [2.45, 2.75) is 0 Å². The zero-order chi connectivity index (χ0) is 0. The summed E-state index contributed by atoms with van der Waals surface area (Å²) in [5, 5.41) is 0. The molecule has 0 rings (SSSR count). The summed E-state index contributed by atoms with van der Waals surface area (Å²) < 4.78 is 0. The quantitative estimate of drug-likeness (QED) is 0.423. The topological polar surface area (TPSA) is 28.5 Å². The maximum atomic E-state index is 0. The summed E-state index contributed by atoms with van der Waals surface area (Å²) in [6, 6.07) is 0. The fourth-order valence-corrected chi connectivity index (χ4v) is 0. The average Bonchev–Trinajstić information content (AvgIpc) is 0. The molecule has 24 valence electrons. The van der Waals surface area contributed by atoms with E-state index in [0.29, 0.717) is 0 Å². The molecule has 0 aliphatic heterocycles. The third-order valence-corrected chi connectivity index (χ3v) is 0. The molecule has 0 spiro atoms. The second-order valence-corrected chi connectivity index (χ2v) is 0. The van der Waals surface area contributed by atoms with Crippen LogP contribution in [0.1, 0.15) is 2.85 Å². The Morgan fingerprint density at radius 1 is 1.25 bits per heavy atom. The number of hydrogen-bond donors (Lipinski definition) is 0. The van der Waals surface area contributed by atoms with Crippen LogP contribution in [0.5, 0.6) is 0 Å². The first-order valence-corrected chi connectivity index (χ1v) is 0. The molecule has 1 nitrogen and oxygen atoms in total. The molecule has 0 aliphatic carbocycles. The molecule has 0 aliphatic rings. The zero-order valence-corrected chi connectivity index (χ0v) is 5.89. The van der Waals surface area contributed by atoms with E-state index in [1.165, 1.54) is 0 Å². The number of rotatable bonds is 0. The Morgan fingerprint density at radius 2 is 1.25 bits per heavy atom. The van der Waals surface area contributed by atoms with Crippen molar-refractivity contribution in [1.29, 1.82) is 0 Å². The van der Waals surface area contributed by atoms with Gasteiger partial charge in [0.15, 0.2) is 0 Å². The van der Waals surface area contributed by atoms with E-state index in [-0.39, 0.29) is 69.6 Å². The molecule has 0 amide bonds. The smallest absolute Gasteiger partial charge is 2.00 e. The van der Waals surface area contributed by atoms with Gasteiger partial charge in [-0.2, -0.15) is 0 Å². The number of hydrogen-bond acceptors (Lipinski definition) is 0. The Balaban J connectivity index is 0. The van der Waals surface area contributed by atoms with Crippen LogP contribution in [-0.2, 0) is 43.7 Å². The zero-order valence-electron chi connectivity index (χ0n) is 3.93. The van der Waals surface area contributed by atoms with Crippen molar-refractivity contribution in [3.63, 3.8) is 0 Å². The summed E-state index contributed by atoms with van der Waals surface area (Å²) >= 11 is 0. The fraction of sp³-hybridized carbons (Fsp3) is 0. The first-order valence-electron chi connectivity index (χ1n) is 0. The first kappa shape index (κ1) is 38.6. The molecule has 0 saturated carbocycles. The van der Waals surface area contributed by atoms with Crippen LogP contribution >= 0.6 is 0 Å². The molecule has 4 heavy (non-hydrogen) atoms. The summed E-state index contributed by atoms with van der Waals surface area (Å²) in [7, 11) is 0. The Kier molecular flexibility index (Phi) is 197. The Bertz CT molecular complexity index is 13.5. The van der Waals surface area contributed by atoms with Gasteiger partial charge in [0, 0.05) is 21.7 Å². The summed E-state index contributed by atoms with van der Waals surface area (Å²) in [5.74, 6) is 0. The van der Waals surface area contributed by atoms with Crippen molar-refractivity contribution >= 4 is 23.1 Å². The van der Waals surface area contributed by atoms with Crippen molar-refractivity contribution < 1.29 is 46.5 Å².